The number of carbonyl (C=O) groups excluding carboxylic acids is 1. The molecule has 15 heavy (non-hydrogen) atoms. The van der Waals surface area contributed by atoms with E-state index >= 15 is 0 Å². The van der Waals surface area contributed by atoms with Crippen molar-refractivity contribution in [2.24, 2.45) is 0 Å². The van der Waals surface area contributed by atoms with E-state index in [1.165, 1.54) is 6.92 Å². The number of hydrogen-bond acceptors (Lipinski definition) is 3. The number of rotatable bonds is 2. The standard InChI is InChI=1S/C8H6ClFN2O3/c1-4(13)11-8-6(9)2-5(10)3-7(8)12(14)15/h2-3H,1H3,(H,11,13). The van der Waals surface area contributed by atoms with Crippen molar-refractivity contribution in [2.75, 3.05) is 5.32 Å². The number of amides is 1. The predicted octanol–water partition coefficient (Wildman–Crippen LogP) is 2.35. The minimum absolute atomic E-state index is 0.199. The Kier molecular flexibility index (Phi) is 3.21. The van der Waals surface area contributed by atoms with Gasteiger partial charge in [-0.15, -0.1) is 0 Å². The highest BCUT2D eigenvalue weighted by Gasteiger charge is 2.19. The zero-order chi connectivity index (χ0) is 11.6. The monoisotopic (exact) mass is 232 g/mol. The fraction of sp³-hybridized carbons (Fsp3) is 0.125. The van der Waals surface area contributed by atoms with E-state index in [2.05, 4.69) is 5.32 Å². The topological polar surface area (TPSA) is 72.2 Å². The first-order valence-electron chi connectivity index (χ1n) is 3.83. The molecule has 1 rings (SSSR count). The van der Waals surface area contributed by atoms with Gasteiger partial charge in [0.05, 0.1) is 16.0 Å². The highest BCUT2D eigenvalue weighted by atomic mass is 35.5. The second-order valence-corrected chi connectivity index (χ2v) is 3.13. The number of anilines is 1. The van der Waals surface area contributed by atoms with Gasteiger partial charge >= 0.3 is 0 Å². The molecule has 1 amide bonds. The third-order valence-electron chi connectivity index (χ3n) is 1.53. The average Bonchev–Trinajstić information content (AvgIpc) is 2.08. The van der Waals surface area contributed by atoms with Crippen LogP contribution in [0.15, 0.2) is 12.1 Å². The van der Waals surface area contributed by atoms with Gasteiger partial charge in [-0.25, -0.2) is 4.39 Å². The molecule has 0 unspecified atom stereocenters. The molecule has 0 aliphatic rings. The van der Waals surface area contributed by atoms with Crippen LogP contribution in [0.2, 0.25) is 5.02 Å². The highest BCUT2D eigenvalue weighted by Crippen LogP contribution is 2.33. The Morgan fingerprint density at radius 3 is 2.67 bits per heavy atom. The van der Waals surface area contributed by atoms with Gasteiger partial charge in [-0.1, -0.05) is 11.6 Å². The van der Waals surface area contributed by atoms with Crippen molar-refractivity contribution in [2.45, 2.75) is 6.92 Å². The largest absolute Gasteiger partial charge is 0.319 e. The minimum Gasteiger partial charge on any atom is -0.319 e. The van der Waals surface area contributed by atoms with E-state index in [0.717, 1.165) is 6.07 Å². The number of nitrogens with one attached hydrogen (secondary N) is 1. The SMILES string of the molecule is CC(=O)Nc1c(Cl)cc(F)cc1[N+](=O)[O-]. The molecule has 0 spiro atoms. The third-order valence-corrected chi connectivity index (χ3v) is 1.83. The van der Waals surface area contributed by atoms with E-state index in [1.807, 2.05) is 0 Å². The molecule has 0 bridgehead atoms. The van der Waals surface area contributed by atoms with Gasteiger partial charge in [0, 0.05) is 6.92 Å². The number of nitro benzene ring substituents is 1. The van der Waals surface area contributed by atoms with Crippen LogP contribution in [0.1, 0.15) is 6.92 Å². The van der Waals surface area contributed by atoms with E-state index in [1.54, 1.807) is 0 Å². The van der Waals surface area contributed by atoms with E-state index < -0.39 is 22.3 Å². The lowest BCUT2D eigenvalue weighted by atomic mass is 10.2. The fourth-order valence-electron chi connectivity index (χ4n) is 1.00. The quantitative estimate of drug-likeness (QED) is 0.628. The van der Waals surface area contributed by atoms with E-state index in [9.17, 15) is 19.3 Å². The maximum atomic E-state index is 12.8. The van der Waals surface area contributed by atoms with Gasteiger partial charge in [0.2, 0.25) is 5.91 Å². The van der Waals surface area contributed by atoms with Crippen LogP contribution in [-0.4, -0.2) is 10.8 Å². The lowest BCUT2D eigenvalue weighted by Crippen LogP contribution is -2.08. The van der Waals surface area contributed by atoms with Crippen LogP contribution in [0.25, 0.3) is 0 Å². The molecule has 0 aliphatic heterocycles. The zero-order valence-electron chi connectivity index (χ0n) is 7.58. The van der Waals surface area contributed by atoms with Gasteiger partial charge in [0.25, 0.3) is 5.69 Å². The molecule has 0 heterocycles. The zero-order valence-corrected chi connectivity index (χ0v) is 8.34. The van der Waals surface area contributed by atoms with Crippen LogP contribution in [0.4, 0.5) is 15.8 Å². The Balaban J connectivity index is 3.33. The molecule has 0 atom stereocenters. The molecule has 0 aliphatic carbocycles. The number of hydrogen-bond donors (Lipinski definition) is 1. The number of nitrogens with zero attached hydrogens (tertiary/aromatic N) is 1. The van der Waals surface area contributed by atoms with E-state index in [4.69, 9.17) is 11.6 Å². The van der Waals surface area contributed by atoms with Crippen molar-refractivity contribution in [1.29, 1.82) is 0 Å². The summed E-state index contributed by atoms with van der Waals surface area (Å²) in [5, 5.41) is 12.5. The first-order chi connectivity index (χ1) is 6.91. The third kappa shape index (κ3) is 2.63. The fourth-order valence-corrected chi connectivity index (χ4v) is 1.25. The Bertz CT molecular complexity index is 436. The van der Waals surface area contributed by atoms with Crippen LogP contribution in [0.3, 0.4) is 0 Å². The lowest BCUT2D eigenvalue weighted by Gasteiger charge is -2.05. The van der Waals surface area contributed by atoms with Gasteiger partial charge in [-0.2, -0.15) is 0 Å². The molecule has 7 heteroatoms. The maximum Gasteiger partial charge on any atom is 0.297 e. The van der Waals surface area contributed by atoms with Crippen molar-refractivity contribution in [3.63, 3.8) is 0 Å². The Morgan fingerprint density at radius 2 is 2.20 bits per heavy atom. The molecule has 5 nitrogen and oxygen atoms in total. The maximum absolute atomic E-state index is 12.8. The Morgan fingerprint density at radius 1 is 1.60 bits per heavy atom. The summed E-state index contributed by atoms with van der Waals surface area (Å²) in [7, 11) is 0. The van der Waals surface area contributed by atoms with E-state index in [0.29, 0.717) is 6.07 Å². The normalized spacial score (nSPS) is 9.80. The smallest absolute Gasteiger partial charge is 0.297 e. The second-order valence-electron chi connectivity index (χ2n) is 2.72. The molecule has 80 valence electrons. The van der Waals surface area contributed by atoms with Crippen LogP contribution in [0.5, 0.6) is 0 Å². The number of nitro groups is 1. The second kappa shape index (κ2) is 4.22. The summed E-state index contributed by atoms with van der Waals surface area (Å²) in [5.41, 5.74) is -0.772. The lowest BCUT2D eigenvalue weighted by molar-refractivity contribution is -0.384. The number of benzene rings is 1. The van der Waals surface area contributed by atoms with Crippen molar-refractivity contribution >= 4 is 28.9 Å². The van der Waals surface area contributed by atoms with E-state index in [-0.39, 0.29) is 10.7 Å². The average molecular weight is 233 g/mol. The molecule has 0 saturated carbocycles. The van der Waals surface area contributed by atoms with Crippen molar-refractivity contribution in [1.82, 2.24) is 0 Å². The molecule has 0 radical (unpaired) electrons. The van der Waals surface area contributed by atoms with Crippen LogP contribution < -0.4 is 5.32 Å². The van der Waals surface area contributed by atoms with Crippen LogP contribution in [-0.2, 0) is 4.79 Å². The molecule has 0 saturated heterocycles. The van der Waals surface area contributed by atoms with Gasteiger partial charge in [0.15, 0.2) is 0 Å². The molecular weight excluding hydrogens is 227 g/mol. The summed E-state index contributed by atoms with van der Waals surface area (Å²) in [6.07, 6.45) is 0. The molecule has 1 N–H and O–H groups in total. The molecule has 1 aromatic carbocycles. The summed E-state index contributed by atoms with van der Waals surface area (Å²) < 4.78 is 12.8. The van der Waals surface area contributed by atoms with Gasteiger partial charge in [-0.3, -0.25) is 14.9 Å². The molecular formula is C8H6ClFN2O3. The Hall–Kier alpha value is -1.69. The van der Waals surface area contributed by atoms with Crippen LogP contribution in [0, 0.1) is 15.9 Å². The number of carbonyl (C=O) groups is 1. The summed E-state index contributed by atoms with van der Waals surface area (Å²) in [6.45, 7) is 1.17. The van der Waals surface area contributed by atoms with Crippen molar-refractivity contribution < 1.29 is 14.1 Å². The number of halogens is 2. The summed E-state index contributed by atoms with van der Waals surface area (Å²) in [5.74, 6) is -1.35. The summed E-state index contributed by atoms with van der Waals surface area (Å²) in [6, 6.07) is 1.58. The first-order valence-corrected chi connectivity index (χ1v) is 4.20. The van der Waals surface area contributed by atoms with Crippen molar-refractivity contribution in [3.05, 3.63) is 33.1 Å². The molecule has 0 aromatic heterocycles. The minimum atomic E-state index is -0.833. The highest BCUT2D eigenvalue weighted by molar-refractivity contribution is 6.34. The summed E-state index contributed by atoms with van der Waals surface area (Å²) in [4.78, 5) is 20.5. The molecule has 1 aromatic rings. The van der Waals surface area contributed by atoms with Crippen LogP contribution >= 0.6 is 11.6 Å². The Labute approximate surface area is 89.0 Å². The summed E-state index contributed by atoms with van der Waals surface area (Å²) >= 11 is 5.56. The van der Waals surface area contributed by atoms with Gasteiger partial charge in [0.1, 0.15) is 11.5 Å². The van der Waals surface area contributed by atoms with Gasteiger partial charge < -0.3 is 5.32 Å². The van der Waals surface area contributed by atoms with Crippen molar-refractivity contribution in [3.8, 4) is 0 Å². The van der Waals surface area contributed by atoms with Gasteiger partial charge in [-0.05, 0) is 6.07 Å². The molecule has 0 fully saturated rings. The first kappa shape index (κ1) is 11.4. The predicted molar refractivity (Wildman–Crippen MR) is 52.4 cm³/mol.